The van der Waals surface area contributed by atoms with Gasteiger partial charge in [0.1, 0.15) is 0 Å². The summed E-state index contributed by atoms with van der Waals surface area (Å²) in [6, 6.07) is 1.08. The number of aliphatic imine (C=N–C) groups is 1. The van der Waals surface area contributed by atoms with Gasteiger partial charge in [0, 0.05) is 38.3 Å². The van der Waals surface area contributed by atoms with E-state index in [2.05, 4.69) is 34.1 Å². The first-order chi connectivity index (χ1) is 8.15. The molecule has 0 amide bonds. The fourth-order valence-electron chi connectivity index (χ4n) is 2.09. The minimum Gasteiger partial charge on any atom is -0.370 e. The highest BCUT2D eigenvalue weighted by molar-refractivity contribution is 14.0. The summed E-state index contributed by atoms with van der Waals surface area (Å²) in [6.07, 6.45) is 2.48. The van der Waals surface area contributed by atoms with Crippen LogP contribution in [0.3, 0.4) is 0 Å². The minimum atomic E-state index is 0. The third-order valence-electron chi connectivity index (χ3n) is 3.62. The molecule has 0 aromatic heterocycles. The van der Waals surface area contributed by atoms with Gasteiger partial charge >= 0.3 is 0 Å². The van der Waals surface area contributed by atoms with Crippen LogP contribution in [0.15, 0.2) is 4.99 Å². The number of likely N-dealkylation sites (N-methyl/N-ethyl adjacent to an activating group) is 1. The first-order valence-electron chi connectivity index (χ1n) is 6.64. The van der Waals surface area contributed by atoms with Gasteiger partial charge in [-0.05, 0) is 26.8 Å². The second-order valence-corrected chi connectivity index (χ2v) is 5.33. The molecule has 0 bridgehead atoms. The monoisotopic (exact) mass is 367 g/mol. The smallest absolute Gasteiger partial charge is 0.188 e. The van der Waals surface area contributed by atoms with E-state index < -0.39 is 0 Å². The molecule has 1 atom stereocenters. The second kappa shape index (κ2) is 7.49. The maximum atomic E-state index is 5.83. The molecule has 2 aliphatic rings. The molecule has 0 aromatic carbocycles. The molecule has 106 valence electrons. The molecule has 1 heterocycles. The Morgan fingerprint density at radius 2 is 1.94 bits per heavy atom. The van der Waals surface area contributed by atoms with Crippen molar-refractivity contribution in [2.24, 2.45) is 10.7 Å². The van der Waals surface area contributed by atoms with E-state index in [1.807, 2.05) is 0 Å². The molecule has 1 saturated carbocycles. The van der Waals surface area contributed by atoms with Crippen molar-refractivity contribution in [3.8, 4) is 0 Å². The topological polar surface area (TPSA) is 56.9 Å². The first-order valence-corrected chi connectivity index (χ1v) is 6.64. The Kier molecular flexibility index (Phi) is 6.65. The maximum Gasteiger partial charge on any atom is 0.188 e. The van der Waals surface area contributed by atoms with Gasteiger partial charge in [-0.15, -0.1) is 24.0 Å². The van der Waals surface area contributed by atoms with Gasteiger partial charge in [0.2, 0.25) is 0 Å². The number of hydrogen-bond donors (Lipinski definition) is 2. The summed E-state index contributed by atoms with van der Waals surface area (Å²) in [7, 11) is 2.18. The van der Waals surface area contributed by atoms with E-state index in [0.717, 1.165) is 32.7 Å². The summed E-state index contributed by atoms with van der Waals surface area (Å²) in [5, 5.41) is 3.22. The fraction of sp³-hybridized carbons (Fsp3) is 0.917. The van der Waals surface area contributed by atoms with Crippen LogP contribution in [-0.4, -0.2) is 67.6 Å². The molecule has 18 heavy (non-hydrogen) atoms. The molecule has 1 saturated heterocycles. The Morgan fingerprint density at radius 1 is 1.33 bits per heavy atom. The van der Waals surface area contributed by atoms with Crippen molar-refractivity contribution in [2.45, 2.75) is 31.8 Å². The van der Waals surface area contributed by atoms with Crippen LogP contribution in [0.25, 0.3) is 0 Å². The predicted molar refractivity (Wildman–Crippen MR) is 86.6 cm³/mol. The average molecular weight is 367 g/mol. The number of nitrogens with one attached hydrogen (secondary N) is 1. The summed E-state index contributed by atoms with van der Waals surface area (Å²) in [5.74, 6) is 0.619. The van der Waals surface area contributed by atoms with Crippen LogP contribution in [0.1, 0.15) is 19.8 Å². The summed E-state index contributed by atoms with van der Waals surface area (Å²) in [6.45, 7) is 7.63. The lowest BCUT2D eigenvalue weighted by Gasteiger charge is -2.35. The number of rotatable bonds is 4. The molecule has 0 radical (unpaired) electrons. The molecule has 2 rings (SSSR count). The first kappa shape index (κ1) is 16.0. The van der Waals surface area contributed by atoms with Gasteiger partial charge in [-0.25, -0.2) is 0 Å². The molecule has 1 unspecified atom stereocenters. The molecular weight excluding hydrogens is 341 g/mol. The number of halogens is 1. The Balaban J connectivity index is 0.00000162. The number of hydrogen-bond acceptors (Lipinski definition) is 3. The van der Waals surface area contributed by atoms with E-state index in [-0.39, 0.29) is 24.0 Å². The van der Waals surface area contributed by atoms with Crippen LogP contribution >= 0.6 is 24.0 Å². The van der Waals surface area contributed by atoms with E-state index >= 15 is 0 Å². The summed E-state index contributed by atoms with van der Waals surface area (Å²) < 4.78 is 0. The van der Waals surface area contributed by atoms with Crippen molar-refractivity contribution >= 4 is 29.9 Å². The quantitative estimate of drug-likeness (QED) is 0.427. The van der Waals surface area contributed by atoms with Crippen molar-refractivity contribution in [3.05, 3.63) is 0 Å². The number of nitrogens with zero attached hydrogens (tertiary/aromatic N) is 3. The molecule has 0 aromatic rings. The standard InChI is InChI=1S/C12H25N5.HI/c1-10(17-7-5-16(2)6-8-17)9-14-12(13)15-11-3-4-11;/h10-11H,3-9H2,1-2H3,(H3,13,14,15);1H. The Morgan fingerprint density at radius 3 is 2.50 bits per heavy atom. The molecule has 3 N–H and O–H groups in total. The zero-order valence-electron chi connectivity index (χ0n) is 11.4. The lowest BCUT2D eigenvalue weighted by atomic mass is 10.2. The van der Waals surface area contributed by atoms with Gasteiger partial charge in [-0.2, -0.15) is 0 Å². The molecule has 1 aliphatic carbocycles. The normalized spacial score (nSPS) is 24.4. The lowest BCUT2D eigenvalue weighted by Crippen LogP contribution is -2.49. The zero-order chi connectivity index (χ0) is 12.3. The molecule has 6 heteroatoms. The molecule has 5 nitrogen and oxygen atoms in total. The van der Waals surface area contributed by atoms with E-state index in [4.69, 9.17) is 5.73 Å². The number of piperazine rings is 1. The summed E-state index contributed by atoms with van der Waals surface area (Å²) in [5.41, 5.74) is 5.83. The lowest BCUT2D eigenvalue weighted by molar-refractivity contribution is 0.122. The van der Waals surface area contributed by atoms with Gasteiger partial charge in [0.15, 0.2) is 5.96 Å². The van der Waals surface area contributed by atoms with Crippen molar-refractivity contribution in [1.82, 2.24) is 15.1 Å². The number of guanidine groups is 1. The van der Waals surface area contributed by atoms with Gasteiger partial charge in [0.05, 0.1) is 6.54 Å². The van der Waals surface area contributed by atoms with E-state index in [9.17, 15) is 0 Å². The van der Waals surface area contributed by atoms with Gasteiger partial charge in [-0.3, -0.25) is 9.89 Å². The van der Waals surface area contributed by atoms with Crippen LogP contribution in [0, 0.1) is 0 Å². The third-order valence-corrected chi connectivity index (χ3v) is 3.62. The van der Waals surface area contributed by atoms with Crippen molar-refractivity contribution in [1.29, 1.82) is 0 Å². The second-order valence-electron chi connectivity index (χ2n) is 5.33. The maximum absolute atomic E-state index is 5.83. The zero-order valence-corrected chi connectivity index (χ0v) is 13.8. The average Bonchev–Trinajstić information content (AvgIpc) is 3.11. The van der Waals surface area contributed by atoms with Gasteiger partial charge < -0.3 is 16.0 Å². The van der Waals surface area contributed by atoms with E-state index in [1.54, 1.807) is 0 Å². The predicted octanol–water partition coefficient (Wildman–Crippen LogP) is 0.307. The molecule has 0 spiro atoms. The van der Waals surface area contributed by atoms with Crippen LogP contribution in [0.4, 0.5) is 0 Å². The van der Waals surface area contributed by atoms with Crippen molar-refractivity contribution < 1.29 is 0 Å². The fourth-order valence-corrected chi connectivity index (χ4v) is 2.09. The van der Waals surface area contributed by atoms with Crippen molar-refractivity contribution in [3.63, 3.8) is 0 Å². The van der Waals surface area contributed by atoms with Gasteiger partial charge in [-0.1, -0.05) is 0 Å². The number of nitrogens with two attached hydrogens (primary N) is 1. The van der Waals surface area contributed by atoms with E-state index in [1.165, 1.54) is 12.8 Å². The molecule has 1 aliphatic heterocycles. The highest BCUT2D eigenvalue weighted by atomic mass is 127. The Hall–Kier alpha value is -0.0800. The van der Waals surface area contributed by atoms with Crippen LogP contribution in [-0.2, 0) is 0 Å². The minimum absolute atomic E-state index is 0. The molecular formula is C12H26IN5. The summed E-state index contributed by atoms with van der Waals surface area (Å²) >= 11 is 0. The molecule has 2 fully saturated rings. The SMILES string of the molecule is CC(CN=C(N)NC1CC1)N1CCN(C)CC1.I. The Labute approximate surface area is 127 Å². The highest BCUT2D eigenvalue weighted by Crippen LogP contribution is 2.18. The largest absolute Gasteiger partial charge is 0.370 e. The van der Waals surface area contributed by atoms with Crippen LogP contribution < -0.4 is 11.1 Å². The van der Waals surface area contributed by atoms with E-state index in [0.29, 0.717) is 18.0 Å². The van der Waals surface area contributed by atoms with Crippen LogP contribution in [0.2, 0.25) is 0 Å². The van der Waals surface area contributed by atoms with Gasteiger partial charge in [0.25, 0.3) is 0 Å². The van der Waals surface area contributed by atoms with Crippen molar-refractivity contribution in [2.75, 3.05) is 39.8 Å². The van der Waals surface area contributed by atoms with Crippen LogP contribution in [0.5, 0.6) is 0 Å². The Bertz CT molecular complexity index is 272. The summed E-state index contributed by atoms with van der Waals surface area (Å²) in [4.78, 5) is 9.29. The highest BCUT2D eigenvalue weighted by Gasteiger charge is 2.22. The third kappa shape index (κ3) is 5.27.